The first-order valence-corrected chi connectivity index (χ1v) is 7.16. The average Bonchev–Trinajstić information content (AvgIpc) is 2.16. The molecule has 0 rings (SSSR count). The molecule has 0 aliphatic rings. The number of nitrogens with one attached hydrogen (secondary N) is 1. The van der Waals surface area contributed by atoms with Crippen LogP contribution in [0.2, 0.25) is 0 Å². The van der Waals surface area contributed by atoms with E-state index in [1.165, 1.54) is 30.9 Å². The Bertz CT molecular complexity index is 115. The first kappa shape index (κ1) is 14.3. The zero-order valence-electron chi connectivity index (χ0n) is 10.3. The Hall–Kier alpha value is 0.310. The van der Waals surface area contributed by atoms with Crippen molar-refractivity contribution in [1.82, 2.24) is 5.32 Å². The van der Waals surface area contributed by atoms with E-state index < -0.39 is 0 Å². The molecular weight excluding hydrogens is 190 g/mol. The fourth-order valence-corrected chi connectivity index (χ4v) is 2.25. The quantitative estimate of drug-likeness (QED) is 0.594. The smallest absolute Gasteiger partial charge is 0.00182 e. The molecule has 0 amide bonds. The van der Waals surface area contributed by atoms with Crippen molar-refractivity contribution in [3.63, 3.8) is 0 Å². The lowest BCUT2D eigenvalue weighted by atomic mass is 9.91. The molecule has 0 fully saturated rings. The van der Waals surface area contributed by atoms with Gasteiger partial charge in [0.1, 0.15) is 0 Å². The molecule has 1 atom stereocenters. The Labute approximate surface area is 94.4 Å². The standard InChI is InChI=1S/C12H27NS/c1-5-13-10-12(11(3)4)8-7-9-14-6-2/h11-13H,5-10H2,1-4H3. The fourth-order valence-electron chi connectivity index (χ4n) is 1.59. The van der Waals surface area contributed by atoms with Gasteiger partial charge in [0.15, 0.2) is 0 Å². The van der Waals surface area contributed by atoms with Crippen LogP contribution in [0, 0.1) is 11.8 Å². The summed E-state index contributed by atoms with van der Waals surface area (Å²) >= 11 is 2.07. The molecule has 0 radical (unpaired) electrons. The summed E-state index contributed by atoms with van der Waals surface area (Å²) in [5.74, 6) is 4.29. The zero-order chi connectivity index (χ0) is 10.8. The Morgan fingerprint density at radius 1 is 1.21 bits per heavy atom. The monoisotopic (exact) mass is 217 g/mol. The van der Waals surface area contributed by atoms with Crippen LogP contribution in [0.5, 0.6) is 0 Å². The molecule has 0 heterocycles. The van der Waals surface area contributed by atoms with E-state index in [1.54, 1.807) is 0 Å². The zero-order valence-corrected chi connectivity index (χ0v) is 11.1. The highest BCUT2D eigenvalue weighted by Crippen LogP contribution is 2.17. The molecule has 0 aromatic carbocycles. The molecule has 0 aliphatic heterocycles. The SMILES string of the molecule is CCNCC(CCCSCC)C(C)C. The fraction of sp³-hybridized carbons (Fsp3) is 1.00. The summed E-state index contributed by atoms with van der Waals surface area (Å²) in [5.41, 5.74) is 0. The molecule has 1 nitrogen and oxygen atoms in total. The summed E-state index contributed by atoms with van der Waals surface area (Å²) in [6.07, 6.45) is 2.77. The van der Waals surface area contributed by atoms with E-state index in [4.69, 9.17) is 0 Å². The highest BCUT2D eigenvalue weighted by atomic mass is 32.2. The molecule has 0 bridgehead atoms. The average molecular weight is 217 g/mol. The summed E-state index contributed by atoms with van der Waals surface area (Å²) in [7, 11) is 0. The van der Waals surface area contributed by atoms with E-state index in [0.717, 1.165) is 18.4 Å². The maximum atomic E-state index is 3.46. The van der Waals surface area contributed by atoms with Crippen molar-refractivity contribution in [2.24, 2.45) is 11.8 Å². The summed E-state index contributed by atoms with van der Waals surface area (Å²) < 4.78 is 0. The van der Waals surface area contributed by atoms with Gasteiger partial charge in [-0.3, -0.25) is 0 Å². The molecule has 86 valence electrons. The molecular formula is C12H27NS. The second kappa shape index (κ2) is 9.85. The topological polar surface area (TPSA) is 12.0 Å². The Morgan fingerprint density at radius 2 is 1.93 bits per heavy atom. The lowest BCUT2D eigenvalue weighted by Crippen LogP contribution is -2.26. The van der Waals surface area contributed by atoms with Crippen LogP contribution >= 0.6 is 11.8 Å². The van der Waals surface area contributed by atoms with Crippen molar-refractivity contribution < 1.29 is 0 Å². The number of thioether (sulfide) groups is 1. The van der Waals surface area contributed by atoms with Crippen LogP contribution in [-0.4, -0.2) is 24.6 Å². The molecule has 0 spiro atoms. The van der Waals surface area contributed by atoms with Gasteiger partial charge in [0, 0.05) is 0 Å². The van der Waals surface area contributed by atoms with Crippen LogP contribution in [0.4, 0.5) is 0 Å². The summed E-state index contributed by atoms with van der Waals surface area (Å²) in [6, 6.07) is 0. The third-order valence-electron chi connectivity index (χ3n) is 2.67. The second-order valence-corrected chi connectivity index (χ2v) is 5.54. The third-order valence-corrected chi connectivity index (χ3v) is 3.65. The van der Waals surface area contributed by atoms with Gasteiger partial charge in [-0.15, -0.1) is 0 Å². The van der Waals surface area contributed by atoms with Crippen LogP contribution in [0.1, 0.15) is 40.5 Å². The van der Waals surface area contributed by atoms with Crippen LogP contribution < -0.4 is 5.32 Å². The summed E-state index contributed by atoms with van der Waals surface area (Å²) in [5, 5.41) is 3.46. The maximum Gasteiger partial charge on any atom is -0.00182 e. The van der Waals surface area contributed by atoms with E-state index in [-0.39, 0.29) is 0 Å². The largest absolute Gasteiger partial charge is 0.317 e. The molecule has 0 saturated carbocycles. The second-order valence-electron chi connectivity index (χ2n) is 4.15. The van der Waals surface area contributed by atoms with Crippen LogP contribution in [0.15, 0.2) is 0 Å². The van der Waals surface area contributed by atoms with Gasteiger partial charge >= 0.3 is 0 Å². The molecule has 0 aromatic rings. The first-order valence-electron chi connectivity index (χ1n) is 6.00. The van der Waals surface area contributed by atoms with Gasteiger partial charge in [0.05, 0.1) is 0 Å². The molecule has 0 aromatic heterocycles. The minimum Gasteiger partial charge on any atom is -0.317 e. The van der Waals surface area contributed by atoms with E-state index >= 15 is 0 Å². The van der Waals surface area contributed by atoms with Crippen molar-refractivity contribution in [2.75, 3.05) is 24.6 Å². The predicted octanol–water partition coefficient (Wildman–Crippen LogP) is 3.40. The van der Waals surface area contributed by atoms with Crippen LogP contribution in [0.25, 0.3) is 0 Å². The van der Waals surface area contributed by atoms with Crippen molar-refractivity contribution in [2.45, 2.75) is 40.5 Å². The Balaban J connectivity index is 3.52. The van der Waals surface area contributed by atoms with Crippen molar-refractivity contribution >= 4 is 11.8 Å². The van der Waals surface area contributed by atoms with Crippen LogP contribution in [0.3, 0.4) is 0 Å². The lowest BCUT2D eigenvalue weighted by Gasteiger charge is -2.20. The summed E-state index contributed by atoms with van der Waals surface area (Å²) in [6.45, 7) is 11.4. The molecule has 0 saturated heterocycles. The minimum atomic E-state index is 0.820. The summed E-state index contributed by atoms with van der Waals surface area (Å²) in [4.78, 5) is 0. The Kier molecular flexibility index (Phi) is 10.1. The third kappa shape index (κ3) is 7.69. The van der Waals surface area contributed by atoms with Crippen LogP contribution in [-0.2, 0) is 0 Å². The highest BCUT2D eigenvalue weighted by molar-refractivity contribution is 7.99. The van der Waals surface area contributed by atoms with Gasteiger partial charge < -0.3 is 5.32 Å². The van der Waals surface area contributed by atoms with Gasteiger partial charge in [-0.2, -0.15) is 11.8 Å². The lowest BCUT2D eigenvalue weighted by molar-refractivity contribution is 0.341. The minimum absolute atomic E-state index is 0.820. The van der Waals surface area contributed by atoms with Gasteiger partial charge in [0.25, 0.3) is 0 Å². The number of hydrogen-bond donors (Lipinski definition) is 1. The van der Waals surface area contributed by atoms with E-state index in [1.807, 2.05) is 0 Å². The van der Waals surface area contributed by atoms with Gasteiger partial charge in [0.2, 0.25) is 0 Å². The van der Waals surface area contributed by atoms with Crippen molar-refractivity contribution in [3.05, 3.63) is 0 Å². The Morgan fingerprint density at radius 3 is 2.43 bits per heavy atom. The molecule has 14 heavy (non-hydrogen) atoms. The number of rotatable bonds is 9. The van der Waals surface area contributed by atoms with E-state index in [2.05, 4.69) is 44.8 Å². The molecule has 0 aliphatic carbocycles. The number of hydrogen-bond acceptors (Lipinski definition) is 2. The van der Waals surface area contributed by atoms with Gasteiger partial charge in [-0.1, -0.05) is 27.7 Å². The highest BCUT2D eigenvalue weighted by Gasteiger charge is 2.11. The van der Waals surface area contributed by atoms with Crippen molar-refractivity contribution in [3.8, 4) is 0 Å². The van der Waals surface area contributed by atoms with Gasteiger partial charge in [-0.25, -0.2) is 0 Å². The van der Waals surface area contributed by atoms with Gasteiger partial charge in [-0.05, 0) is 49.3 Å². The maximum absolute atomic E-state index is 3.46. The molecule has 1 unspecified atom stereocenters. The predicted molar refractivity (Wildman–Crippen MR) is 69.1 cm³/mol. The van der Waals surface area contributed by atoms with Crippen molar-refractivity contribution in [1.29, 1.82) is 0 Å². The van der Waals surface area contributed by atoms with E-state index in [9.17, 15) is 0 Å². The normalized spacial score (nSPS) is 13.5. The molecule has 2 heteroatoms. The van der Waals surface area contributed by atoms with E-state index in [0.29, 0.717) is 0 Å². The molecule has 1 N–H and O–H groups in total. The first-order chi connectivity index (χ1) is 6.72.